The molecule has 0 radical (unpaired) electrons. The summed E-state index contributed by atoms with van der Waals surface area (Å²) in [6.07, 6.45) is 9.24. The molecule has 108 valence electrons. The topological polar surface area (TPSA) is 42.2 Å². The number of hydrogen-bond donors (Lipinski definition) is 1. The van der Waals surface area contributed by atoms with Gasteiger partial charge in [0.25, 0.3) is 0 Å². The number of rotatable bonds is 5. The summed E-state index contributed by atoms with van der Waals surface area (Å²) in [5, 5.41) is 1.22. The summed E-state index contributed by atoms with van der Waals surface area (Å²) in [5.41, 5.74) is 6.89. The van der Waals surface area contributed by atoms with Crippen molar-refractivity contribution in [2.75, 3.05) is 18.0 Å². The van der Waals surface area contributed by atoms with Gasteiger partial charge in [0.05, 0.1) is 5.69 Å². The lowest BCUT2D eigenvalue weighted by molar-refractivity contribution is 0.518. The van der Waals surface area contributed by atoms with Crippen LogP contribution in [0.25, 0.3) is 0 Å². The molecule has 1 heterocycles. The summed E-state index contributed by atoms with van der Waals surface area (Å²) in [6, 6.07) is 0.680. The third-order valence-corrected chi connectivity index (χ3v) is 5.24. The zero-order valence-electron chi connectivity index (χ0n) is 12.3. The highest BCUT2D eigenvalue weighted by Crippen LogP contribution is 2.31. The van der Waals surface area contributed by atoms with E-state index in [9.17, 15) is 0 Å². The molecule has 1 saturated carbocycles. The Morgan fingerprint density at radius 3 is 2.42 bits per heavy atom. The van der Waals surface area contributed by atoms with Crippen LogP contribution in [0.3, 0.4) is 0 Å². The van der Waals surface area contributed by atoms with Crippen molar-refractivity contribution < 1.29 is 0 Å². The van der Waals surface area contributed by atoms with E-state index in [4.69, 9.17) is 10.7 Å². The summed E-state index contributed by atoms with van der Waals surface area (Å²) in [5.74, 6) is 0. The average molecular weight is 281 g/mol. The first kappa shape index (κ1) is 14.8. The first-order valence-corrected chi connectivity index (χ1v) is 8.44. The van der Waals surface area contributed by atoms with Crippen LogP contribution in [0.4, 0.5) is 5.13 Å². The number of thiazole rings is 1. The lowest BCUT2D eigenvalue weighted by atomic mass is 10.1. The minimum atomic E-state index is 0.680. The first-order valence-electron chi connectivity index (χ1n) is 7.63. The van der Waals surface area contributed by atoms with E-state index < -0.39 is 0 Å². The van der Waals surface area contributed by atoms with Crippen molar-refractivity contribution in [2.45, 2.75) is 64.8 Å². The highest BCUT2D eigenvalue weighted by Gasteiger charge is 2.22. The van der Waals surface area contributed by atoms with Crippen LogP contribution < -0.4 is 10.6 Å². The third kappa shape index (κ3) is 3.93. The standard InChI is InChI=1S/C15H27N3S/c1-12-13(2)19-15(17-12)18(11-7-10-16)14-8-5-3-4-6-9-14/h14H,3-11,16H2,1-2H3. The molecular formula is C15H27N3S. The van der Waals surface area contributed by atoms with Gasteiger partial charge in [0.1, 0.15) is 0 Å². The quantitative estimate of drug-likeness (QED) is 0.838. The summed E-state index contributed by atoms with van der Waals surface area (Å²) >= 11 is 1.85. The van der Waals surface area contributed by atoms with Crippen molar-refractivity contribution in [3.63, 3.8) is 0 Å². The SMILES string of the molecule is Cc1nc(N(CCCN)C2CCCCCC2)sc1C. The van der Waals surface area contributed by atoms with Crippen molar-refractivity contribution in [3.05, 3.63) is 10.6 Å². The molecule has 0 unspecified atom stereocenters. The maximum Gasteiger partial charge on any atom is 0.186 e. The van der Waals surface area contributed by atoms with Crippen LogP contribution in [0.2, 0.25) is 0 Å². The van der Waals surface area contributed by atoms with E-state index in [1.807, 2.05) is 11.3 Å². The molecule has 0 spiro atoms. The van der Waals surface area contributed by atoms with Gasteiger partial charge in [-0.25, -0.2) is 4.98 Å². The molecule has 0 aromatic carbocycles. The molecule has 1 aromatic rings. The molecular weight excluding hydrogens is 254 g/mol. The third-order valence-electron chi connectivity index (χ3n) is 4.13. The molecule has 1 aliphatic rings. The van der Waals surface area contributed by atoms with Crippen molar-refractivity contribution in [1.82, 2.24) is 4.98 Å². The molecule has 1 aliphatic carbocycles. The van der Waals surface area contributed by atoms with Gasteiger partial charge in [0.2, 0.25) is 0 Å². The largest absolute Gasteiger partial charge is 0.345 e. The van der Waals surface area contributed by atoms with Gasteiger partial charge >= 0.3 is 0 Å². The number of nitrogens with two attached hydrogens (primary N) is 1. The fourth-order valence-electron chi connectivity index (χ4n) is 2.84. The smallest absolute Gasteiger partial charge is 0.186 e. The van der Waals surface area contributed by atoms with Gasteiger partial charge < -0.3 is 10.6 Å². The number of aromatic nitrogens is 1. The minimum absolute atomic E-state index is 0.680. The van der Waals surface area contributed by atoms with E-state index in [0.29, 0.717) is 6.04 Å². The van der Waals surface area contributed by atoms with E-state index >= 15 is 0 Å². The Labute approximate surface area is 121 Å². The van der Waals surface area contributed by atoms with Crippen molar-refractivity contribution in [1.29, 1.82) is 0 Å². The number of aryl methyl sites for hydroxylation is 2. The van der Waals surface area contributed by atoms with Crippen LogP contribution >= 0.6 is 11.3 Å². The summed E-state index contributed by atoms with van der Waals surface area (Å²) in [4.78, 5) is 8.67. The Kier molecular flexibility index (Phi) is 5.64. The molecule has 4 heteroatoms. The Bertz CT molecular complexity index is 361. The molecule has 0 amide bonds. The second kappa shape index (κ2) is 7.25. The van der Waals surface area contributed by atoms with Gasteiger partial charge in [-0.2, -0.15) is 0 Å². The van der Waals surface area contributed by atoms with Gasteiger partial charge in [-0.15, -0.1) is 11.3 Å². The van der Waals surface area contributed by atoms with Crippen molar-refractivity contribution >= 4 is 16.5 Å². The van der Waals surface area contributed by atoms with Crippen LogP contribution in [0, 0.1) is 13.8 Å². The van der Waals surface area contributed by atoms with Crippen LogP contribution in [-0.4, -0.2) is 24.1 Å². The van der Waals surface area contributed by atoms with Gasteiger partial charge in [-0.3, -0.25) is 0 Å². The maximum atomic E-state index is 5.71. The van der Waals surface area contributed by atoms with Gasteiger partial charge in [0, 0.05) is 17.5 Å². The van der Waals surface area contributed by atoms with E-state index in [0.717, 1.165) is 19.5 Å². The Hall–Kier alpha value is -0.610. The fourth-order valence-corrected chi connectivity index (χ4v) is 3.85. The summed E-state index contributed by atoms with van der Waals surface area (Å²) in [6.45, 7) is 6.12. The molecule has 0 saturated heterocycles. The second-order valence-corrected chi connectivity index (χ2v) is 6.80. The number of nitrogens with zero attached hydrogens (tertiary/aromatic N) is 2. The number of hydrogen-bond acceptors (Lipinski definition) is 4. The highest BCUT2D eigenvalue weighted by molar-refractivity contribution is 7.15. The molecule has 2 rings (SSSR count). The lowest BCUT2D eigenvalue weighted by Crippen LogP contribution is -2.36. The van der Waals surface area contributed by atoms with Crippen LogP contribution in [0.1, 0.15) is 55.5 Å². The Morgan fingerprint density at radius 2 is 1.89 bits per heavy atom. The highest BCUT2D eigenvalue weighted by atomic mass is 32.1. The second-order valence-electron chi connectivity index (χ2n) is 5.62. The average Bonchev–Trinajstić information content (AvgIpc) is 2.61. The lowest BCUT2D eigenvalue weighted by Gasteiger charge is -2.31. The van der Waals surface area contributed by atoms with Crippen LogP contribution in [0.15, 0.2) is 0 Å². The molecule has 0 atom stereocenters. The molecule has 2 N–H and O–H groups in total. The monoisotopic (exact) mass is 281 g/mol. The van der Waals surface area contributed by atoms with Crippen LogP contribution in [0.5, 0.6) is 0 Å². The fraction of sp³-hybridized carbons (Fsp3) is 0.800. The molecule has 1 fully saturated rings. The normalized spacial score (nSPS) is 17.4. The summed E-state index contributed by atoms with van der Waals surface area (Å²) in [7, 11) is 0. The molecule has 19 heavy (non-hydrogen) atoms. The van der Waals surface area contributed by atoms with Gasteiger partial charge in [-0.05, 0) is 39.7 Å². The van der Waals surface area contributed by atoms with Gasteiger partial charge in [-0.1, -0.05) is 25.7 Å². The molecule has 1 aromatic heterocycles. The van der Waals surface area contributed by atoms with Crippen molar-refractivity contribution in [3.8, 4) is 0 Å². The maximum absolute atomic E-state index is 5.71. The van der Waals surface area contributed by atoms with Crippen LogP contribution in [-0.2, 0) is 0 Å². The minimum Gasteiger partial charge on any atom is -0.345 e. The summed E-state index contributed by atoms with van der Waals surface area (Å²) < 4.78 is 0. The molecule has 0 aliphatic heterocycles. The zero-order valence-corrected chi connectivity index (χ0v) is 13.1. The first-order chi connectivity index (χ1) is 9.22. The van der Waals surface area contributed by atoms with E-state index in [2.05, 4.69) is 18.7 Å². The van der Waals surface area contributed by atoms with E-state index in [1.165, 1.54) is 54.2 Å². The number of anilines is 1. The molecule has 0 bridgehead atoms. The Balaban J connectivity index is 2.13. The van der Waals surface area contributed by atoms with E-state index in [1.54, 1.807) is 0 Å². The van der Waals surface area contributed by atoms with E-state index in [-0.39, 0.29) is 0 Å². The van der Waals surface area contributed by atoms with Gasteiger partial charge in [0.15, 0.2) is 5.13 Å². The zero-order chi connectivity index (χ0) is 13.7. The Morgan fingerprint density at radius 1 is 1.21 bits per heavy atom. The molecule has 3 nitrogen and oxygen atoms in total. The van der Waals surface area contributed by atoms with Crippen molar-refractivity contribution in [2.24, 2.45) is 5.73 Å². The predicted octanol–water partition coefficient (Wildman–Crippen LogP) is 3.64. The predicted molar refractivity (Wildman–Crippen MR) is 84.1 cm³/mol.